The van der Waals surface area contributed by atoms with Crippen molar-refractivity contribution in [3.63, 3.8) is 0 Å². The number of piperidine rings is 1. The Morgan fingerprint density at radius 3 is 2.67 bits per heavy atom. The zero-order valence-corrected chi connectivity index (χ0v) is 19.9. The van der Waals surface area contributed by atoms with Crippen LogP contribution in [0, 0.1) is 11.7 Å². The van der Waals surface area contributed by atoms with Crippen LogP contribution in [-0.4, -0.2) is 40.3 Å². The number of nitrogens with zero attached hydrogens (tertiary/aromatic N) is 4. The van der Waals surface area contributed by atoms with Crippen molar-refractivity contribution in [3.05, 3.63) is 71.8 Å². The summed E-state index contributed by atoms with van der Waals surface area (Å²) in [5.41, 5.74) is 2.37. The van der Waals surface area contributed by atoms with Crippen LogP contribution < -0.4 is 5.32 Å². The van der Waals surface area contributed by atoms with E-state index in [2.05, 4.69) is 22.5 Å². The van der Waals surface area contributed by atoms with Crippen molar-refractivity contribution in [2.75, 3.05) is 25.5 Å². The number of aromatic nitrogens is 3. The second-order valence-electron chi connectivity index (χ2n) is 6.88. The summed E-state index contributed by atoms with van der Waals surface area (Å²) in [4.78, 5) is 13.7. The number of rotatable bonds is 4. The van der Waals surface area contributed by atoms with Crippen LogP contribution in [0.2, 0.25) is 0 Å². The summed E-state index contributed by atoms with van der Waals surface area (Å²) < 4.78 is 13.5. The maximum absolute atomic E-state index is 13.5. The predicted molar refractivity (Wildman–Crippen MR) is 113 cm³/mol. The SMILES string of the molecule is CC1CC[N-]CC1c1nc(Nc2cccc(F)c2)cc(-c2cccnc2)n1.CO.[W]. The largest absolute Gasteiger partial charge is 0.662 e. The van der Waals surface area contributed by atoms with Gasteiger partial charge < -0.3 is 15.7 Å². The molecule has 0 bridgehead atoms. The monoisotopic (exact) mass is 578 g/mol. The third kappa shape index (κ3) is 6.14. The Kier molecular flexibility index (Phi) is 9.50. The standard InChI is InChI=1S/C21H21FN5.CH4O.W/c1-14-7-9-24-13-18(14)21-26-19(15-4-3-8-23-12-15)11-20(27-21)25-17-6-2-5-16(22)10-17;1-2;/h2-6,8,10-12,14,18H,7,9,13H2,1H3,(H,25,26,27);2H,1H3;/q-1;;. The molecule has 1 aromatic carbocycles. The van der Waals surface area contributed by atoms with Crippen LogP contribution in [-0.2, 0) is 21.1 Å². The minimum atomic E-state index is -0.290. The minimum absolute atomic E-state index is 0. The second kappa shape index (κ2) is 11.8. The quantitative estimate of drug-likeness (QED) is 0.476. The molecule has 0 amide bonds. The fourth-order valence-electron chi connectivity index (χ4n) is 3.31. The molecule has 3 heterocycles. The molecule has 158 valence electrons. The van der Waals surface area contributed by atoms with Crippen molar-refractivity contribution in [2.45, 2.75) is 19.3 Å². The molecular formula is C22H25FN5OW-. The van der Waals surface area contributed by atoms with Gasteiger partial charge in [-0.1, -0.05) is 19.4 Å². The van der Waals surface area contributed by atoms with E-state index in [1.54, 1.807) is 18.5 Å². The van der Waals surface area contributed by atoms with Gasteiger partial charge in [0.05, 0.1) is 5.69 Å². The number of halogens is 1. The number of pyridine rings is 1. The molecule has 1 aliphatic heterocycles. The molecule has 1 fully saturated rings. The van der Waals surface area contributed by atoms with E-state index in [0.717, 1.165) is 43.7 Å². The van der Waals surface area contributed by atoms with Gasteiger partial charge in [0.15, 0.2) is 0 Å². The van der Waals surface area contributed by atoms with E-state index in [1.165, 1.54) is 12.1 Å². The topological polar surface area (TPSA) is 85.0 Å². The van der Waals surface area contributed by atoms with E-state index < -0.39 is 0 Å². The van der Waals surface area contributed by atoms with Crippen LogP contribution in [0.25, 0.3) is 16.6 Å². The first-order valence-corrected chi connectivity index (χ1v) is 9.59. The number of hydrogen-bond acceptors (Lipinski definition) is 5. The van der Waals surface area contributed by atoms with Crippen LogP contribution in [0.15, 0.2) is 54.9 Å². The summed E-state index contributed by atoms with van der Waals surface area (Å²) in [6.07, 6.45) is 4.56. The number of benzene rings is 1. The van der Waals surface area contributed by atoms with Gasteiger partial charge in [-0.05, 0) is 36.2 Å². The smallest absolute Gasteiger partial charge is 0.134 e. The molecule has 3 aromatic rings. The van der Waals surface area contributed by atoms with Crippen molar-refractivity contribution in [2.24, 2.45) is 5.92 Å². The molecule has 8 heteroatoms. The third-order valence-corrected chi connectivity index (χ3v) is 4.88. The molecule has 0 aliphatic carbocycles. The van der Waals surface area contributed by atoms with Gasteiger partial charge in [0.25, 0.3) is 0 Å². The van der Waals surface area contributed by atoms with E-state index >= 15 is 0 Å². The van der Waals surface area contributed by atoms with Gasteiger partial charge in [-0.25, -0.2) is 14.4 Å². The summed E-state index contributed by atoms with van der Waals surface area (Å²) in [5, 5.41) is 14.8. The van der Waals surface area contributed by atoms with Gasteiger partial charge in [-0.3, -0.25) is 4.98 Å². The number of hydrogen-bond donors (Lipinski definition) is 2. The molecule has 0 radical (unpaired) electrons. The Bertz CT molecular complexity index is 928. The van der Waals surface area contributed by atoms with Gasteiger partial charge in [-0.2, -0.15) is 0 Å². The molecule has 1 saturated heterocycles. The third-order valence-electron chi connectivity index (χ3n) is 4.88. The molecule has 0 spiro atoms. The normalized spacial score (nSPS) is 17.9. The summed E-state index contributed by atoms with van der Waals surface area (Å²) in [6, 6.07) is 12.1. The Morgan fingerprint density at radius 2 is 1.97 bits per heavy atom. The average molecular weight is 578 g/mol. The fourth-order valence-corrected chi connectivity index (χ4v) is 3.31. The molecule has 2 atom stereocenters. The molecule has 2 N–H and O–H groups in total. The van der Waals surface area contributed by atoms with Crippen molar-refractivity contribution >= 4 is 11.5 Å². The van der Waals surface area contributed by atoms with Crippen LogP contribution in [0.4, 0.5) is 15.9 Å². The first-order chi connectivity index (χ1) is 14.2. The first kappa shape index (κ1) is 24.1. The molecule has 30 heavy (non-hydrogen) atoms. The molecule has 1 aliphatic rings. The zero-order chi connectivity index (χ0) is 20.6. The molecule has 2 aromatic heterocycles. The zero-order valence-electron chi connectivity index (χ0n) is 17.0. The predicted octanol–water partition coefficient (Wildman–Crippen LogP) is 4.52. The van der Waals surface area contributed by atoms with Gasteiger partial charge in [-0.15, -0.1) is 13.1 Å². The van der Waals surface area contributed by atoms with E-state index in [1.807, 2.05) is 24.3 Å². The number of aliphatic hydroxyl groups excluding tert-OH is 1. The van der Waals surface area contributed by atoms with Crippen LogP contribution in [0.5, 0.6) is 0 Å². The molecule has 6 nitrogen and oxygen atoms in total. The number of nitrogens with one attached hydrogen (secondary N) is 1. The summed E-state index contributed by atoms with van der Waals surface area (Å²) >= 11 is 0. The van der Waals surface area contributed by atoms with Crippen molar-refractivity contribution < 1.29 is 30.6 Å². The maximum Gasteiger partial charge on any atom is 0.134 e. The van der Waals surface area contributed by atoms with Crippen LogP contribution in [0.1, 0.15) is 25.1 Å². The van der Waals surface area contributed by atoms with Gasteiger partial charge >= 0.3 is 0 Å². The summed E-state index contributed by atoms with van der Waals surface area (Å²) in [7, 11) is 1.00. The molecule has 4 rings (SSSR count). The van der Waals surface area contributed by atoms with Gasteiger partial charge in [0.1, 0.15) is 17.5 Å². The molecule has 2 unspecified atom stereocenters. The fraction of sp³-hybridized carbons (Fsp3) is 0.318. The van der Waals surface area contributed by atoms with Crippen molar-refractivity contribution in [3.8, 4) is 11.3 Å². The van der Waals surface area contributed by atoms with Crippen LogP contribution >= 0.6 is 0 Å². The summed E-state index contributed by atoms with van der Waals surface area (Å²) in [6.45, 7) is 3.85. The average Bonchev–Trinajstić information content (AvgIpc) is 2.76. The first-order valence-electron chi connectivity index (χ1n) is 9.59. The number of anilines is 2. The van der Waals surface area contributed by atoms with E-state index in [-0.39, 0.29) is 32.8 Å². The molecule has 0 saturated carbocycles. The molecular weight excluding hydrogens is 553 g/mol. The van der Waals surface area contributed by atoms with Crippen LogP contribution in [0.3, 0.4) is 0 Å². The van der Waals surface area contributed by atoms with E-state index in [4.69, 9.17) is 15.1 Å². The van der Waals surface area contributed by atoms with Gasteiger partial charge in [0.2, 0.25) is 0 Å². The van der Waals surface area contributed by atoms with E-state index in [0.29, 0.717) is 17.4 Å². The van der Waals surface area contributed by atoms with Gasteiger partial charge in [0, 0.05) is 63.8 Å². The second-order valence-corrected chi connectivity index (χ2v) is 6.88. The van der Waals surface area contributed by atoms with Crippen molar-refractivity contribution in [1.29, 1.82) is 0 Å². The number of aliphatic hydroxyl groups is 1. The van der Waals surface area contributed by atoms with Crippen molar-refractivity contribution in [1.82, 2.24) is 15.0 Å². The Morgan fingerprint density at radius 1 is 1.13 bits per heavy atom. The Balaban J connectivity index is 0.00000104. The Hall–Kier alpha value is -2.21. The Labute approximate surface area is 190 Å². The minimum Gasteiger partial charge on any atom is -0.662 e. The summed E-state index contributed by atoms with van der Waals surface area (Å²) in [5.74, 6) is 1.77. The maximum atomic E-state index is 13.5. The van der Waals surface area contributed by atoms with E-state index in [9.17, 15) is 4.39 Å².